The zero-order valence-corrected chi connectivity index (χ0v) is 12.0. The number of amides is 2. The summed E-state index contributed by atoms with van der Waals surface area (Å²) in [6.45, 7) is 8.61. The third kappa shape index (κ3) is 2.99. The number of urea groups is 1. The van der Waals surface area contributed by atoms with E-state index in [1.807, 2.05) is 0 Å². The molecule has 8 nitrogen and oxygen atoms in total. The quantitative estimate of drug-likeness (QED) is 0.787. The molecule has 0 saturated carbocycles. The molecule has 0 aliphatic carbocycles. The van der Waals surface area contributed by atoms with Crippen LogP contribution in [0.15, 0.2) is 23.6 Å². The van der Waals surface area contributed by atoms with Crippen LogP contribution >= 0.6 is 0 Å². The molecule has 0 radical (unpaired) electrons. The van der Waals surface area contributed by atoms with Crippen LogP contribution in [0.4, 0.5) is 10.6 Å². The molecule has 0 fully saturated rings. The smallest absolute Gasteiger partial charge is 0.315 e. The molecule has 0 atom stereocenters. The van der Waals surface area contributed by atoms with E-state index in [0.717, 1.165) is 0 Å². The first-order chi connectivity index (χ1) is 9.92. The van der Waals surface area contributed by atoms with Gasteiger partial charge in [-0.25, -0.2) is 9.78 Å². The van der Waals surface area contributed by atoms with Crippen LogP contribution in [0.3, 0.4) is 0 Å². The average Bonchev–Trinajstić information content (AvgIpc) is 2.76. The Labute approximate surface area is 120 Å². The van der Waals surface area contributed by atoms with Gasteiger partial charge < -0.3 is 5.32 Å². The molecule has 2 heterocycles. The van der Waals surface area contributed by atoms with E-state index in [4.69, 9.17) is 0 Å². The van der Waals surface area contributed by atoms with Gasteiger partial charge in [-0.2, -0.15) is 9.78 Å². The molecule has 0 aliphatic heterocycles. The summed E-state index contributed by atoms with van der Waals surface area (Å²) in [5, 5.41) is 9.22. The van der Waals surface area contributed by atoms with Crippen LogP contribution in [0, 0.1) is 20.8 Å². The van der Waals surface area contributed by atoms with Gasteiger partial charge in [-0.3, -0.25) is 15.1 Å². The summed E-state index contributed by atoms with van der Waals surface area (Å²) >= 11 is 0. The van der Waals surface area contributed by atoms with Gasteiger partial charge in [0.2, 0.25) is 5.95 Å². The maximum atomic E-state index is 11.8. The number of H-pyrrole nitrogens is 1. The Bertz CT molecular complexity index is 759. The van der Waals surface area contributed by atoms with Gasteiger partial charge in [-0.15, -0.1) is 0 Å². The third-order valence-electron chi connectivity index (χ3n) is 2.89. The summed E-state index contributed by atoms with van der Waals surface area (Å²) in [6.07, 6.45) is 1.26. The zero-order chi connectivity index (χ0) is 15.6. The van der Waals surface area contributed by atoms with Crippen LogP contribution in [0.25, 0.3) is 5.95 Å². The first-order valence-electron chi connectivity index (χ1n) is 6.25. The fraction of sp³-hybridized carbons (Fsp3) is 0.231. The summed E-state index contributed by atoms with van der Waals surface area (Å²) in [4.78, 5) is 30.3. The fourth-order valence-electron chi connectivity index (χ4n) is 1.73. The molecule has 8 heteroatoms. The highest BCUT2D eigenvalue weighted by Crippen LogP contribution is 2.14. The SMILES string of the molecule is C=CNC(=O)Nc1cc(C)nn1-c1nc(C)c(C)c(=O)[nH]1. The van der Waals surface area contributed by atoms with Crippen molar-refractivity contribution >= 4 is 11.8 Å². The number of aromatic amines is 1. The van der Waals surface area contributed by atoms with Crippen molar-refractivity contribution in [2.75, 3.05) is 5.32 Å². The molecule has 0 spiro atoms. The first kappa shape index (κ1) is 14.5. The predicted molar refractivity (Wildman–Crippen MR) is 78.5 cm³/mol. The van der Waals surface area contributed by atoms with Crippen molar-refractivity contribution in [3.05, 3.63) is 46.2 Å². The van der Waals surface area contributed by atoms with E-state index in [-0.39, 0.29) is 11.5 Å². The van der Waals surface area contributed by atoms with Gasteiger partial charge in [0.25, 0.3) is 5.56 Å². The van der Waals surface area contributed by atoms with E-state index in [1.165, 1.54) is 10.9 Å². The van der Waals surface area contributed by atoms with Gasteiger partial charge in [0.1, 0.15) is 5.82 Å². The molecule has 2 amide bonds. The van der Waals surface area contributed by atoms with Gasteiger partial charge in [0.05, 0.1) is 5.69 Å². The summed E-state index contributed by atoms with van der Waals surface area (Å²) < 4.78 is 1.37. The number of carbonyl (C=O) groups excluding carboxylic acids is 1. The summed E-state index contributed by atoms with van der Waals surface area (Å²) in [7, 11) is 0. The van der Waals surface area contributed by atoms with E-state index in [2.05, 4.69) is 32.3 Å². The number of carbonyl (C=O) groups is 1. The molecule has 0 aromatic carbocycles. The number of hydrogen-bond donors (Lipinski definition) is 3. The number of nitrogens with one attached hydrogen (secondary N) is 3. The van der Waals surface area contributed by atoms with E-state index in [0.29, 0.717) is 22.8 Å². The van der Waals surface area contributed by atoms with E-state index in [9.17, 15) is 9.59 Å². The number of nitrogens with zero attached hydrogens (tertiary/aromatic N) is 3. The van der Waals surface area contributed by atoms with Crippen molar-refractivity contribution in [3.63, 3.8) is 0 Å². The molecule has 110 valence electrons. The lowest BCUT2D eigenvalue weighted by Gasteiger charge is -2.08. The standard InChI is InChI=1S/C13H16N6O2/c1-5-14-13(21)16-10-6-7(2)18-19(10)12-15-9(4)8(3)11(20)17-12/h5-6H,1H2,2-4H3,(H2,14,16,21)(H,15,17,20). The largest absolute Gasteiger partial charge is 0.324 e. The van der Waals surface area contributed by atoms with Gasteiger partial charge in [-0.1, -0.05) is 6.58 Å². The van der Waals surface area contributed by atoms with Gasteiger partial charge in [-0.05, 0) is 27.0 Å². The molecular formula is C13H16N6O2. The predicted octanol–water partition coefficient (Wildman–Crippen LogP) is 1.15. The van der Waals surface area contributed by atoms with Crippen LogP contribution in [-0.2, 0) is 0 Å². The Kier molecular flexibility index (Phi) is 3.88. The number of aromatic nitrogens is 4. The number of anilines is 1. The average molecular weight is 288 g/mol. The minimum absolute atomic E-state index is 0.241. The Morgan fingerprint density at radius 3 is 2.76 bits per heavy atom. The van der Waals surface area contributed by atoms with E-state index >= 15 is 0 Å². The van der Waals surface area contributed by atoms with Crippen molar-refractivity contribution in [1.29, 1.82) is 0 Å². The molecule has 3 N–H and O–H groups in total. The van der Waals surface area contributed by atoms with E-state index in [1.54, 1.807) is 26.8 Å². The van der Waals surface area contributed by atoms with Crippen LogP contribution in [0.1, 0.15) is 17.0 Å². The summed E-state index contributed by atoms with van der Waals surface area (Å²) in [6, 6.07) is 1.20. The molecule has 0 saturated heterocycles. The Hall–Kier alpha value is -2.90. The number of hydrogen-bond acceptors (Lipinski definition) is 4. The Morgan fingerprint density at radius 1 is 1.43 bits per heavy atom. The molecule has 2 aromatic heterocycles. The topological polar surface area (TPSA) is 105 Å². The Balaban J connectivity index is 2.47. The lowest BCUT2D eigenvalue weighted by atomic mass is 10.3. The first-order valence-corrected chi connectivity index (χ1v) is 6.25. The van der Waals surface area contributed by atoms with E-state index < -0.39 is 6.03 Å². The number of aryl methyl sites for hydroxylation is 2. The summed E-state index contributed by atoms with van der Waals surface area (Å²) in [5.41, 5.74) is 1.57. The second kappa shape index (κ2) is 5.61. The lowest BCUT2D eigenvalue weighted by molar-refractivity contribution is 0.255. The van der Waals surface area contributed by atoms with Gasteiger partial charge in [0, 0.05) is 17.3 Å². The van der Waals surface area contributed by atoms with Gasteiger partial charge >= 0.3 is 6.03 Å². The van der Waals surface area contributed by atoms with Crippen LogP contribution in [-0.4, -0.2) is 25.8 Å². The van der Waals surface area contributed by atoms with Crippen molar-refractivity contribution < 1.29 is 4.79 Å². The summed E-state index contributed by atoms with van der Waals surface area (Å²) in [5.74, 6) is 0.628. The van der Waals surface area contributed by atoms with Crippen LogP contribution in [0.5, 0.6) is 0 Å². The highest BCUT2D eigenvalue weighted by atomic mass is 16.2. The number of rotatable bonds is 3. The molecule has 2 rings (SSSR count). The van der Waals surface area contributed by atoms with Crippen molar-refractivity contribution in [2.45, 2.75) is 20.8 Å². The second-order valence-corrected chi connectivity index (χ2v) is 4.49. The van der Waals surface area contributed by atoms with Gasteiger partial charge in [0.15, 0.2) is 0 Å². The molecule has 0 aliphatic rings. The normalized spacial score (nSPS) is 10.2. The minimum atomic E-state index is -0.461. The highest BCUT2D eigenvalue weighted by molar-refractivity contribution is 5.89. The molecule has 21 heavy (non-hydrogen) atoms. The maximum absolute atomic E-state index is 11.8. The van der Waals surface area contributed by atoms with Crippen molar-refractivity contribution in [1.82, 2.24) is 25.1 Å². The fourth-order valence-corrected chi connectivity index (χ4v) is 1.73. The van der Waals surface area contributed by atoms with Crippen LogP contribution < -0.4 is 16.2 Å². The van der Waals surface area contributed by atoms with Crippen LogP contribution in [0.2, 0.25) is 0 Å². The molecule has 0 bridgehead atoms. The Morgan fingerprint density at radius 2 is 2.14 bits per heavy atom. The highest BCUT2D eigenvalue weighted by Gasteiger charge is 2.13. The molecule has 2 aromatic rings. The lowest BCUT2D eigenvalue weighted by Crippen LogP contribution is -2.26. The second-order valence-electron chi connectivity index (χ2n) is 4.49. The monoisotopic (exact) mass is 288 g/mol. The molecule has 0 unspecified atom stereocenters. The maximum Gasteiger partial charge on any atom is 0.324 e. The molecular weight excluding hydrogens is 272 g/mol. The zero-order valence-electron chi connectivity index (χ0n) is 12.0. The minimum Gasteiger partial charge on any atom is -0.315 e. The van der Waals surface area contributed by atoms with Crippen molar-refractivity contribution in [3.8, 4) is 5.95 Å². The van der Waals surface area contributed by atoms with Crippen molar-refractivity contribution in [2.24, 2.45) is 0 Å². The third-order valence-corrected chi connectivity index (χ3v) is 2.89.